The molecule has 2 atom stereocenters. The van der Waals surface area contributed by atoms with Gasteiger partial charge in [0.2, 0.25) is 0 Å². The molecule has 2 aliphatic heterocycles. The average Bonchev–Trinajstić information content (AvgIpc) is 2.83. The van der Waals surface area contributed by atoms with Gasteiger partial charge in [0.05, 0.1) is 5.56 Å². The van der Waals surface area contributed by atoms with Crippen LogP contribution in [-0.2, 0) is 0 Å². The molecule has 5 heteroatoms. The molecule has 0 aromatic carbocycles. The molecule has 4 nitrogen and oxygen atoms in total. The van der Waals surface area contributed by atoms with Crippen LogP contribution >= 0.6 is 12.2 Å². The topological polar surface area (TPSA) is 45.4 Å². The number of fused-ring (bicyclic) bond motifs is 1. The molecule has 0 saturated carbocycles. The van der Waals surface area contributed by atoms with Crippen LogP contribution in [-0.4, -0.2) is 46.6 Å². The number of aromatic nitrogens is 1. The molecule has 2 unspecified atom stereocenters. The second-order valence-corrected chi connectivity index (χ2v) is 6.88. The van der Waals surface area contributed by atoms with Crippen molar-refractivity contribution in [3.63, 3.8) is 0 Å². The van der Waals surface area contributed by atoms with Crippen molar-refractivity contribution in [1.82, 2.24) is 9.88 Å². The van der Waals surface area contributed by atoms with Gasteiger partial charge in [-0.2, -0.15) is 0 Å². The van der Waals surface area contributed by atoms with E-state index in [0.29, 0.717) is 17.1 Å². The summed E-state index contributed by atoms with van der Waals surface area (Å²) in [4.78, 5) is 10.3. The third-order valence-corrected chi connectivity index (χ3v) is 4.99. The van der Waals surface area contributed by atoms with Crippen LogP contribution in [0.2, 0.25) is 0 Å². The molecular weight excluding hydrogens is 280 g/mol. The molecule has 2 aliphatic rings. The van der Waals surface area contributed by atoms with E-state index in [1.807, 2.05) is 6.92 Å². The monoisotopic (exact) mass is 304 g/mol. The first-order valence-corrected chi connectivity index (χ1v) is 8.17. The number of nitrogens with zero attached hydrogens (tertiary/aromatic N) is 3. The largest absolute Gasteiger partial charge is 0.389 e. The molecule has 114 valence electrons. The van der Waals surface area contributed by atoms with Gasteiger partial charge in [-0.15, -0.1) is 0 Å². The molecule has 0 amide bonds. The molecule has 3 heterocycles. The number of pyridine rings is 1. The van der Waals surface area contributed by atoms with Crippen LogP contribution in [0.5, 0.6) is 0 Å². The number of thiocarbonyl (C=S) groups is 1. The van der Waals surface area contributed by atoms with Crippen LogP contribution in [0.3, 0.4) is 0 Å². The molecule has 2 saturated heterocycles. The Morgan fingerprint density at radius 1 is 1.38 bits per heavy atom. The average molecular weight is 304 g/mol. The summed E-state index contributed by atoms with van der Waals surface area (Å²) in [6.45, 7) is 9.77. The first-order chi connectivity index (χ1) is 9.97. The molecular formula is C16H24N4S. The van der Waals surface area contributed by atoms with Gasteiger partial charge in [-0.1, -0.05) is 12.2 Å². The van der Waals surface area contributed by atoms with Crippen molar-refractivity contribution < 1.29 is 0 Å². The molecule has 3 rings (SSSR count). The normalized spacial score (nSPS) is 26.0. The van der Waals surface area contributed by atoms with E-state index in [-0.39, 0.29) is 0 Å². The van der Waals surface area contributed by atoms with Gasteiger partial charge < -0.3 is 10.6 Å². The number of hydrogen-bond donors (Lipinski definition) is 1. The Balaban J connectivity index is 2.01. The number of piperazine rings is 1. The number of rotatable bonds is 2. The van der Waals surface area contributed by atoms with Crippen LogP contribution in [0.15, 0.2) is 6.07 Å². The summed E-state index contributed by atoms with van der Waals surface area (Å²) in [5.74, 6) is 0.985. The maximum Gasteiger partial charge on any atom is 0.139 e. The van der Waals surface area contributed by atoms with Gasteiger partial charge in [0.15, 0.2) is 0 Å². The summed E-state index contributed by atoms with van der Waals surface area (Å²) in [5, 5.41) is 0. The maximum atomic E-state index is 5.98. The summed E-state index contributed by atoms with van der Waals surface area (Å²) in [6.07, 6.45) is 2.60. The summed E-state index contributed by atoms with van der Waals surface area (Å²) in [7, 11) is 0. The number of hydrogen-bond acceptors (Lipinski definition) is 4. The van der Waals surface area contributed by atoms with E-state index in [0.717, 1.165) is 35.7 Å². The van der Waals surface area contributed by atoms with E-state index in [9.17, 15) is 0 Å². The van der Waals surface area contributed by atoms with Crippen LogP contribution in [0.1, 0.15) is 36.6 Å². The summed E-state index contributed by atoms with van der Waals surface area (Å²) in [5.41, 5.74) is 9.09. The van der Waals surface area contributed by atoms with Crippen molar-refractivity contribution in [3.8, 4) is 0 Å². The highest BCUT2D eigenvalue weighted by atomic mass is 32.1. The number of aryl methyl sites for hydroxylation is 2. The zero-order valence-corrected chi connectivity index (χ0v) is 13.9. The van der Waals surface area contributed by atoms with E-state index in [1.54, 1.807) is 0 Å². The standard InChI is InChI=1S/C16H24N4S/c1-10-7-11(2)18-16(14(10)15(17)21)20-9-13-5-4-6-19(13)8-12(20)3/h7,12-13H,4-6,8-9H2,1-3H3,(H2,17,21). The van der Waals surface area contributed by atoms with Gasteiger partial charge >= 0.3 is 0 Å². The SMILES string of the molecule is Cc1cc(C)c(C(N)=S)c(N2CC3CCCN3CC2C)n1. The first-order valence-electron chi connectivity index (χ1n) is 7.76. The molecule has 21 heavy (non-hydrogen) atoms. The summed E-state index contributed by atoms with van der Waals surface area (Å²) >= 11 is 5.28. The van der Waals surface area contributed by atoms with Crippen molar-refractivity contribution in [2.75, 3.05) is 24.5 Å². The highest BCUT2D eigenvalue weighted by Gasteiger charge is 2.36. The number of anilines is 1. The van der Waals surface area contributed by atoms with Crippen molar-refractivity contribution in [3.05, 3.63) is 22.9 Å². The van der Waals surface area contributed by atoms with Crippen molar-refractivity contribution in [1.29, 1.82) is 0 Å². The van der Waals surface area contributed by atoms with Crippen molar-refractivity contribution in [2.45, 2.75) is 45.7 Å². The van der Waals surface area contributed by atoms with E-state index in [1.165, 1.54) is 19.4 Å². The minimum Gasteiger partial charge on any atom is -0.389 e. The highest BCUT2D eigenvalue weighted by Crippen LogP contribution is 2.31. The van der Waals surface area contributed by atoms with Crippen molar-refractivity contribution in [2.24, 2.45) is 5.73 Å². The third kappa shape index (κ3) is 2.64. The van der Waals surface area contributed by atoms with E-state index < -0.39 is 0 Å². The van der Waals surface area contributed by atoms with Gasteiger partial charge in [0.1, 0.15) is 10.8 Å². The first kappa shape index (κ1) is 14.7. The highest BCUT2D eigenvalue weighted by molar-refractivity contribution is 7.80. The minimum absolute atomic E-state index is 0.446. The van der Waals surface area contributed by atoms with E-state index in [2.05, 4.69) is 29.7 Å². The quantitative estimate of drug-likeness (QED) is 0.847. The van der Waals surface area contributed by atoms with Crippen LogP contribution in [0, 0.1) is 13.8 Å². The van der Waals surface area contributed by atoms with Gasteiger partial charge in [-0.3, -0.25) is 4.90 Å². The van der Waals surface area contributed by atoms with E-state index in [4.69, 9.17) is 22.9 Å². The lowest BCUT2D eigenvalue weighted by molar-refractivity contribution is 0.202. The minimum atomic E-state index is 0.446. The third-order valence-electron chi connectivity index (χ3n) is 4.78. The molecule has 1 aromatic rings. The maximum absolute atomic E-state index is 5.98. The molecule has 2 fully saturated rings. The molecule has 2 N–H and O–H groups in total. The smallest absolute Gasteiger partial charge is 0.139 e. The Morgan fingerprint density at radius 3 is 2.86 bits per heavy atom. The fraction of sp³-hybridized carbons (Fsp3) is 0.625. The predicted octanol–water partition coefficient (Wildman–Crippen LogP) is 2.01. The zero-order chi connectivity index (χ0) is 15.1. The van der Waals surface area contributed by atoms with Gasteiger partial charge in [-0.25, -0.2) is 4.98 Å². The number of nitrogens with two attached hydrogens (primary N) is 1. The Labute approximate surface area is 132 Å². The second kappa shape index (κ2) is 5.54. The fourth-order valence-corrected chi connectivity index (χ4v) is 4.06. The lowest BCUT2D eigenvalue weighted by atomic mass is 10.0. The Bertz CT molecular complexity index is 572. The van der Waals surface area contributed by atoms with Crippen LogP contribution in [0.4, 0.5) is 5.82 Å². The molecule has 0 aliphatic carbocycles. The fourth-order valence-electron chi connectivity index (χ4n) is 3.81. The van der Waals surface area contributed by atoms with Gasteiger partial charge in [0.25, 0.3) is 0 Å². The van der Waals surface area contributed by atoms with Crippen LogP contribution < -0.4 is 10.6 Å². The Kier molecular flexibility index (Phi) is 3.88. The Hall–Kier alpha value is -1.20. The predicted molar refractivity (Wildman–Crippen MR) is 91.0 cm³/mol. The molecule has 0 bridgehead atoms. The summed E-state index contributed by atoms with van der Waals surface area (Å²) in [6, 6.07) is 3.17. The van der Waals surface area contributed by atoms with Gasteiger partial charge in [-0.05, 0) is 51.8 Å². The Morgan fingerprint density at radius 2 is 2.14 bits per heavy atom. The van der Waals surface area contributed by atoms with Gasteiger partial charge in [0, 0.05) is 30.9 Å². The molecule has 0 spiro atoms. The zero-order valence-electron chi connectivity index (χ0n) is 13.1. The van der Waals surface area contributed by atoms with Crippen LogP contribution in [0.25, 0.3) is 0 Å². The molecule has 1 aromatic heterocycles. The van der Waals surface area contributed by atoms with Crippen molar-refractivity contribution >= 4 is 23.0 Å². The summed E-state index contributed by atoms with van der Waals surface area (Å²) < 4.78 is 0. The van der Waals surface area contributed by atoms with E-state index >= 15 is 0 Å². The lowest BCUT2D eigenvalue weighted by Crippen LogP contribution is -2.55. The molecule has 0 radical (unpaired) electrons. The second-order valence-electron chi connectivity index (χ2n) is 6.44. The lowest BCUT2D eigenvalue weighted by Gasteiger charge is -2.43.